The monoisotopic (exact) mass is 385 g/mol. The van der Waals surface area contributed by atoms with Crippen molar-refractivity contribution >= 4 is 41.5 Å². The molecule has 102 valence electrons. The van der Waals surface area contributed by atoms with Crippen LogP contribution in [0.2, 0.25) is 5.02 Å². The molecule has 0 unspecified atom stereocenters. The highest BCUT2D eigenvalue weighted by Gasteiger charge is 2.05. The fraction of sp³-hybridized carbons (Fsp3) is 0.417. The first-order valence-corrected chi connectivity index (χ1v) is 5.62. The number of nitrogens with zero attached hydrogens (tertiary/aromatic N) is 3. The third-order valence-corrected chi connectivity index (χ3v) is 2.48. The summed E-state index contributed by atoms with van der Waals surface area (Å²) in [5.41, 5.74) is 0.887. The first-order valence-electron chi connectivity index (χ1n) is 5.25. The van der Waals surface area contributed by atoms with E-state index in [1.54, 1.807) is 12.1 Å². The fourth-order valence-corrected chi connectivity index (χ4v) is 1.69. The Morgan fingerprint density at radius 3 is 2.22 bits per heavy atom. The number of hydrogen-bond donors (Lipinski definition) is 0. The van der Waals surface area contributed by atoms with Crippen LogP contribution in [-0.2, 0) is 6.54 Å². The van der Waals surface area contributed by atoms with E-state index >= 15 is 0 Å². The molecule has 0 atom stereocenters. The Morgan fingerprint density at radius 1 is 1.22 bits per heavy atom. The predicted octanol–water partition coefficient (Wildman–Crippen LogP) is 3.08. The van der Waals surface area contributed by atoms with Crippen molar-refractivity contribution in [3.05, 3.63) is 34.6 Å². The smallest absolute Gasteiger partial charge is 0.195 e. The normalized spacial score (nSPS) is 9.44. The van der Waals surface area contributed by atoms with E-state index in [1.165, 1.54) is 6.07 Å². The summed E-state index contributed by atoms with van der Waals surface area (Å²) in [4.78, 5) is 8.29. The van der Waals surface area contributed by atoms with Crippen molar-refractivity contribution in [3.63, 3.8) is 0 Å². The van der Waals surface area contributed by atoms with Crippen molar-refractivity contribution in [2.45, 2.75) is 6.54 Å². The molecule has 1 rings (SSSR count). The standard InChI is InChI=1S/C12H17ClFN3.HI/c1-16(2)12(17(3)4)15-8-9-5-6-11(14)10(13)7-9;/h5-7H,8H2,1-4H3;1H. The van der Waals surface area contributed by atoms with Crippen molar-refractivity contribution in [2.75, 3.05) is 28.2 Å². The van der Waals surface area contributed by atoms with Gasteiger partial charge in [0.15, 0.2) is 5.96 Å². The van der Waals surface area contributed by atoms with E-state index in [0.717, 1.165) is 11.5 Å². The summed E-state index contributed by atoms with van der Waals surface area (Å²) in [6.07, 6.45) is 0. The second-order valence-corrected chi connectivity index (χ2v) is 4.56. The third-order valence-electron chi connectivity index (χ3n) is 2.19. The molecule has 0 fully saturated rings. The Hall–Kier alpha value is -0.560. The van der Waals surface area contributed by atoms with Crippen LogP contribution >= 0.6 is 35.6 Å². The first kappa shape index (κ1) is 17.4. The van der Waals surface area contributed by atoms with Gasteiger partial charge >= 0.3 is 0 Å². The maximum absolute atomic E-state index is 13.0. The molecule has 0 bridgehead atoms. The SMILES string of the molecule is CN(C)C(=NCc1ccc(F)c(Cl)c1)N(C)C.I. The fourth-order valence-electron chi connectivity index (χ4n) is 1.48. The molecule has 0 amide bonds. The number of hydrogen-bond acceptors (Lipinski definition) is 1. The zero-order chi connectivity index (χ0) is 13.0. The maximum atomic E-state index is 13.0. The van der Waals surface area contributed by atoms with Crippen molar-refractivity contribution in [1.29, 1.82) is 0 Å². The highest BCUT2D eigenvalue weighted by molar-refractivity contribution is 14.0. The van der Waals surface area contributed by atoms with Crippen LogP contribution in [0.5, 0.6) is 0 Å². The summed E-state index contributed by atoms with van der Waals surface area (Å²) in [5.74, 6) is 0.449. The van der Waals surface area contributed by atoms with Crippen molar-refractivity contribution in [3.8, 4) is 0 Å². The molecule has 0 N–H and O–H groups in total. The average Bonchev–Trinajstić information content (AvgIpc) is 2.22. The lowest BCUT2D eigenvalue weighted by atomic mass is 10.2. The number of guanidine groups is 1. The lowest BCUT2D eigenvalue weighted by Crippen LogP contribution is -2.35. The van der Waals surface area contributed by atoms with Gasteiger partial charge in [-0.3, -0.25) is 0 Å². The highest BCUT2D eigenvalue weighted by atomic mass is 127. The van der Waals surface area contributed by atoms with E-state index in [-0.39, 0.29) is 29.0 Å². The Balaban J connectivity index is 0.00000289. The predicted molar refractivity (Wildman–Crippen MR) is 85.3 cm³/mol. The second-order valence-electron chi connectivity index (χ2n) is 4.15. The maximum Gasteiger partial charge on any atom is 0.195 e. The minimum absolute atomic E-state index is 0. The van der Waals surface area contributed by atoms with E-state index in [2.05, 4.69) is 4.99 Å². The molecule has 1 aromatic rings. The summed E-state index contributed by atoms with van der Waals surface area (Å²) in [6, 6.07) is 4.65. The van der Waals surface area contributed by atoms with Gasteiger partial charge in [0.2, 0.25) is 0 Å². The van der Waals surface area contributed by atoms with Crippen molar-refractivity contribution in [2.24, 2.45) is 4.99 Å². The van der Waals surface area contributed by atoms with Gasteiger partial charge in [0, 0.05) is 28.2 Å². The molecule has 6 heteroatoms. The Bertz CT molecular complexity index is 412. The van der Waals surface area contributed by atoms with Gasteiger partial charge in [-0.25, -0.2) is 9.38 Å². The number of halogens is 3. The molecule has 0 heterocycles. The first-order chi connectivity index (χ1) is 7.91. The largest absolute Gasteiger partial charge is 0.349 e. The summed E-state index contributed by atoms with van der Waals surface area (Å²) in [7, 11) is 7.71. The molecular formula is C12H18ClFIN3. The molecular weight excluding hydrogens is 368 g/mol. The molecule has 0 saturated carbocycles. The van der Waals surface area contributed by atoms with Crippen LogP contribution in [0.3, 0.4) is 0 Å². The molecule has 0 radical (unpaired) electrons. The molecule has 3 nitrogen and oxygen atoms in total. The molecule has 0 aromatic heterocycles. The van der Waals surface area contributed by atoms with E-state index < -0.39 is 5.82 Å². The lowest BCUT2D eigenvalue weighted by Gasteiger charge is -2.22. The van der Waals surface area contributed by atoms with E-state index in [1.807, 2.05) is 38.0 Å². The minimum Gasteiger partial charge on any atom is -0.349 e. The van der Waals surface area contributed by atoms with E-state index in [9.17, 15) is 4.39 Å². The van der Waals surface area contributed by atoms with Crippen LogP contribution < -0.4 is 0 Å². The Kier molecular flexibility index (Phi) is 7.54. The van der Waals surface area contributed by atoms with E-state index in [4.69, 9.17) is 11.6 Å². The summed E-state index contributed by atoms with van der Waals surface area (Å²) < 4.78 is 13.0. The molecule has 1 aromatic carbocycles. The minimum atomic E-state index is -0.403. The highest BCUT2D eigenvalue weighted by Crippen LogP contribution is 2.16. The molecule has 0 spiro atoms. The van der Waals surface area contributed by atoms with E-state index in [0.29, 0.717) is 6.54 Å². The van der Waals surface area contributed by atoms with Crippen molar-refractivity contribution in [1.82, 2.24) is 9.80 Å². The average molecular weight is 386 g/mol. The molecule has 18 heavy (non-hydrogen) atoms. The lowest BCUT2D eigenvalue weighted by molar-refractivity contribution is 0.479. The van der Waals surface area contributed by atoms with Gasteiger partial charge in [0.25, 0.3) is 0 Å². The summed E-state index contributed by atoms with van der Waals surface area (Å²) in [6.45, 7) is 0.478. The van der Waals surface area contributed by atoms with Gasteiger partial charge in [-0.05, 0) is 17.7 Å². The van der Waals surface area contributed by atoms with Gasteiger partial charge in [0.05, 0.1) is 11.6 Å². The van der Waals surface area contributed by atoms with Crippen LogP contribution in [0, 0.1) is 5.82 Å². The van der Waals surface area contributed by atoms with Crippen LogP contribution in [0.25, 0.3) is 0 Å². The number of aliphatic imine (C=N–C) groups is 1. The molecule has 0 aliphatic heterocycles. The van der Waals surface area contributed by atoms with Crippen LogP contribution in [0.15, 0.2) is 23.2 Å². The summed E-state index contributed by atoms with van der Waals surface area (Å²) in [5, 5.41) is 0.133. The number of benzene rings is 1. The van der Waals surface area contributed by atoms with Crippen LogP contribution in [0.4, 0.5) is 4.39 Å². The van der Waals surface area contributed by atoms with Gasteiger partial charge in [-0.15, -0.1) is 24.0 Å². The Morgan fingerprint density at radius 2 is 1.78 bits per heavy atom. The Labute approximate surface area is 130 Å². The molecule has 0 aliphatic carbocycles. The quantitative estimate of drug-likeness (QED) is 0.443. The number of rotatable bonds is 2. The molecule has 0 aliphatic rings. The topological polar surface area (TPSA) is 18.8 Å². The second kappa shape index (κ2) is 7.78. The van der Waals surface area contributed by atoms with Crippen LogP contribution in [-0.4, -0.2) is 44.0 Å². The van der Waals surface area contributed by atoms with Gasteiger partial charge in [0.1, 0.15) is 5.82 Å². The van der Waals surface area contributed by atoms with Gasteiger partial charge in [-0.1, -0.05) is 17.7 Å². The van der Waals surface area contributed by atoms with Gasteiger partial charge < -0.3 is 9.80 Å². The summed E-state index contributed by atoms with van der Waals surface area (Å²) >= 11 is 5.71. The third kappa shape index (κ3) is 4.97. The zero-order valence-electron chi connectivity index (χ0n) is 10.9. The van der Waals surface area contributed by atoms with Crippen LogP contribution in [0.1, 0.15) is 5.56 Å². The molecule has 0 saturated heterocycles. The zero-order valence-corrected chi connectivity index (χ0v) is 14.0. The van der Waals surface area contributed by atoms with Crippen molar-refractivity contribution < 1.29 is 4.39 Å². The van der Waals surface area contributed by atoms with Gasteiger partial charge in [-0.2, -0.15) is 0 Å².